The second kappa shape index (κ2) is 6.22. The molecule has 0 aliphatic rings. The largest absolute Gasteiger partial charge is 0.489 e. The highest BCUT2D eigenvalue weighted by Gasteiger charge is 2.13. The normalized spacial score (nSPS) is 10.3. The van der Waals surface area contributed by atoms with Crippen molar-refractivity contribution in [2.45, 2.75) is 6.29 Å². The second-order valence-corrected chi connectivity index (χ2v) is 2.94. The molecule has 0 N–H and O–H groups in total. The summed E-state index contributed by atoms with van der Waals surface area (Å²) in [5, 5.41) is 0. The standard InChI is InChI=1S/C12H16O3/c1-4-9-15-11-8-6-5-7-10(11)12(13-2)14-3/h4-8,12H,1,9H2,2-3H3. The van der Waals surface area contributed by atoms with E-state index in [1.807, 2.05) is 24.3 Å². The molecule has 3 nitrogen and oxygen atoms in total. The van der Waals surface area contributed by atoms with Crippen LogP contribution >= 0.6 is 0 Å². The number of benzene rings is 1. The van der Waals surface area contributed by atoms with Crippen molar-refractivity contribution < 1.29 is 14.2 Å². The summed E-state index contributed by atoms with van der Waals surface area (Å²) < 4.78 is 15.8. The fourth-order valence-electron chi connectivity index (χ4n) is 1.31. The molecule has 0 atom stereocenters. The van der Waals surface area contributed by atoms with Crippen molar-refractivity contribution in [3.63, 3.8) is 0 Å². The lowest BCUT2D eigenvalue weighted by Gasteiger charge is -2.17. The van der Waals surface area contributed by atoms with Gasteiger partial charge in [0, 0.05) is 19.8 Å². The summed E-state index contributed by atoms with van der Waals surface area (Å²) in [6.45, 7) is 4.07. The van der Waals surface area contributed by atoms with Crippen molar-refractivity contribution in [2.24, 2.45) is 0 Å². The van der Waals surface area contributed by atoms with E-state index in [2.05, 4.69) is 6.58 Å². The summed E-state index contributed by atoms with van der Waals surface area (Å²) in [4.78, 5) is 0. The molecular formula is C12H16O3. The van der Waals surface area contributed by atoms with Crippen LogP contribution in [0.15, 0.2) is 36.9 Å². The number of hydrogen-bond donors (Lipinski definition) is 0. The Morgan fingerprint density at radius 3 is 2.53 bits per heavy atom. The van der Waals surface area contributed by atoms with Crippen molar-refractivity contribution in [3.8, 4) is 5.75 Å². The molecule has 0 aliphatic heterocycles. The lowest BCUT2D eigenvalue weighted by atomic mass is 10.2. The molecule has 0 heterocycles. The summed E-state index contributed by atoms with van der Waals surface area (Å²) in [7, 11) is 3.19. The van der Waals surface area contributed by atoms with Crippen LogP contribution in [0.1, 0.15) is 11.9 Å². The molecule has 0 fully saturated rings. The lowest BCUT2D eigenvalue weighted by molar-refractivity contribution is -0.107. The van der Waals surface area contributed by atoms with E-state index in [9.17, 15) is 0 Å². The molecule has 1 aromatic rings. The maximum atomic E-state index is 5.49. The molecule has 3 heteroatoms. The summed E-state index contributed by atoms with van der Waals surface area (Å²) in [6.07, 6.45) is 1.30. The maximum absolute atomic E-state index is 5.49. The van der Waals surface area contributed by atoms with Crippen LogP contribution in [0.3, 0.4) is 0 Å². The Morgan fingerprint density at radius 1 is 1.27 bits per heavy atom. The third-order valence-corrected chi connectivity index (χ3v) is 1.96. The lowest BCUT2D eigenvalue weighted by Crippen LogP contribution is -2.06. The van der Waals surface area contributed by atoms with Gasteiger partial charge in [-0.05, 0) is 6.07 Å². The molecule has 0 saturated carbocycles. The van der Waals surface area contributed by atoms with Crippen LogP contribution in [0.25, 0.3) is 0 Å². The van der Waals surface area contributed by atoms with Gasteiger partial charge in [0.2, 0.25) is 0 Å². The Kier molecular flexibility index (Phi) is 4.87. The Labute approximate surface area is 90.3 Å². The zero-order chi connectivity index (χ0) is 11.1. The van der Waals surface area contributed by atoms with Gasteiger partial charge in [-0.15, -0.1) is 0 Å². The molecule has 0 bridgehead atoms. The van der Waals surface area contributed by atoms with Crippen molar-refractivity contribution in [2.75, 3.05) is 20.8 Å². The van der Waals surface area contributed by atoms with E-state index in [-0.39, 0.29) is 0 Å². The number of hydrogen-bond acceptors (Lipinski definition) is 3. The molecule has 1 rings (SSSR count). The molecule has 0 unspecified atom stereocenters. The Balaban J connectivity index is 2.88. The quantitative estimate of drug-likeness (QED) is 0.531. The first-order chi connectivity index (χ1) is 7.33. The van der Waals surface area contributed by atoms with E-state index >= 15 is 0 Å². The van der Waals surface area contributed by atoms with E-state index in [0.717, 1.165) is 11.3 Å². The fourth-order valence-corrected chi connectivity index (χ4v) is 1.31. The number of ether oxygens (including phenoxy) is 3. The van der Waals surface area contributed by atoms with Gasteiger partial charge in [0.15, 0.2) is 6.29 Å². The van der Waals surface area contributed by atoms with Gasteiger partial charge in [-0.25, -0.2) is 0 Å². The van der Waals surface area contributed by atoms with Gasteiger partial charge in [-0.2, -0.15) is 0 Å². The molecular weight excluding hydrogens is 192 g/mol. The minimum Gasteiger partial charge on any atom is -0.489 e. The van der Waals surface area contributed by atoms with Gasteiger partial charge in [0.05, 0.1) is 0 Å². The Bertz CT molecular complexity index is 305. The van der Waals surface area contributed by atoms with Gasteiger partial charge in [0.1, 0.15) is 12.4 Å². The van der Waals surface area contributed by atoms with Gasteiger partial charge in [0.25, 0.3) is 0 Å². The highest BCUT2D eigenvalue weighted by Crippen LogP contribution is 2.27. The molecule has 0 amide bonds. The first kappa shape index (κ1) is 11.8. The first-order valence-electron chi connectivity index (χ1n) is 4.71. The zero-order valence-corrected chi connectivity index (χ0v) is 9.10. The average molecular weight is 208 g/mol. The third-order valence-electron chi connectivity index (χ3n) is 1.96. The summed E-state index contributed by atoms with van der Waals surface area (Å²) in [5.41, 5.74) is 0.879. The van der Waals surface area contributed by atoms with E-state index in [1.165, 1.54) is 0 Å². The first-order valence-corrected chi connectivity index (χ1v) is 4.71. The van der Waals surface area contributed by atoms with Crippen molar-refractivity contribution in [3.05, 3.63) is 42.5 Å². The van der Waals surface area contributed by atoms with Gasteiger partial charge in [-0.3, -0.25) is 0 Å². The van der Waals surface area contributed by atoms with Gasteiger partial charge in [-0.1, -0.05) is 30.9 Å². The topological polar surface area (TPSA) is 27.7 Å². The third kappa shape index (κ3) is 3.08. The molecule has 15 heavy (non-hydrogen) atoms. The van der Waals surface area contributed by atoms with Crippen LogP contribution in [0.5, 0.6) is 5.75 Å². The average Bonchev–Trinajstić information content (AvgIpc) is 2.29. The van der Waals surface area contributed by atoms with E-state index in [1.54, 1.807) is 20.3 Å². The minimum atomic E-state index is -0.397. The molecule has 1 aromatic carbocycles. The van der Waals surface area contributed by atoms with Crippen molar-refractivity contribution >= 4 is 0 Å². The molecule has 0 spiro atoms. The van der Waals surface area contributed by atoms with Crippen molar-refractivity contribution in [1.29, 1.82) is 0 Å². The van der Waals surface area contributed by atoms with Crippen LogP contribution in [0.2, 0.25) is 0 Å². The molecule has 0 aromatic heterocycles. The second-order valence-electron chi connectivity index (χ2n) is 2.94. The number of para-hydroxylation sites is 1. The number of rotatable bonds is 6. The minimum absolute atomic E-state index is 0.397. The summed E-state index contributed by atoms with van der Waals surface area (Å²) >= 11 is 0. The Hall–Kier alpha value is -1.32. The predicted molar refractivity (Wildman–Crippen MR) is 58.9 cm³/mol. The molecule has 0 radical (unpaired) electrons. The summed E-state index contributed by atoms with van der Waals surface area (Å²) in [6, 6.07) is 7.62. The van der Waals surface area contributed by atoms with Crippen LogP contribution in [0.4, 0.5) is 0 Å². The Morgan fingerprint density at radius 2 is 1.93 bits per heavy atom. The van der Waals surface area contributed by atoms with Crippen molar-refractivity contribution in [1.82, 2.24) is 0 Å². The zero-order valence-electron chi connectivity index (χ0n) is 9.10. The number of methoxy groups -OCH3 is 2. The molecule has 0 saturated heterocycles. The van der Waals surface area contributed by atoms with Crippen LogP contribution in [0, 0.1) is 0 Å². The smallest absolute Gasteiger partial charge is 0.186 e. The maximum Gasteiger partial charge on any atom is 0.186 e. The molecule has 82 valence electrons. The van der Waals surface area contributed by atoms with E-state index < -0.39 is 6.29 Å². The van der Waals surface area contributed by atoms with E-state index in [4.69, 9.17) is 14.2 Å². The van der Waals surface area contributed by atoms with Crippen LogP contribution < -0.4 is 4.74 Å². The SMILES string of the molecule is C=CCOc1ccccc1C(OC)OC. The highest BCUT2D eigenvalue weighted by atomic mass is 16.7. The van der Waals surface area contributed by atoms with E-state index in [0.29, 0.717) is 6.61 Å². The summed E-state index contributed by atoms with van der Waals surface area (Å²) in [5.74, 6) is 0.756. The van der Waals surface area contributed by atoms with Crippen LogP contribution in [-0.2, 0) is 9.47 Å². The fraction of sp³-hybridized carbons (Fsp3) is 0.333. The van der Waals surface area contributed by atoms with Gasteiger partial charge >= 0.3 is 0 Å². The molecule has 0 aliphatic carbocycles. The van der Waals surface area contributed by atoms with Gasteiger partial charge < -0.3 is 14.2 Å². The monoisotopic (exact) mass is 208 g/mol. The van der Waals surface area contributed by atoms with Crippen LogP contribution in [-0.4, -0.2) is 20.8 Å². The predicted octanol–water partition coefficient (Wildman–Crippen LogP) is 2.54. The highest BCUT2D eigenvalue weighted by molar-refractivity contribution is 5.34.